The first-order valence-electron chi connectivity index (χ1n) is 8.19. The largest absolute Gasteiger partial charge is 0.416 e. The highest BCUT2D eigenvalue weighted by Gasteiger charge is 2.30. The predicted molar refractivity (Wildman–Crippen MR) is 97.2 cm³/mol. The molecule has 0 saturated carbocycles. The number of rotatable bonds is 3. The number of aromatic nitrogens is 4. The van der Waals surface area contributed by atoms with Crippen molar-refractivity contribution in [2.24, 2.45) is 0 Å². The number of fused-ring (bicyclic) bond motifs is 1. The average Bonchev–Trinajstić information content (AvgIpc) is 3.22. The van der Waals surface area contributed by atoms with Crippen molar-refractivity contribution in [3.8, 4) is 11.4 Å². The Morgan fingerprint density at radius 2 is 1.89 bits per heavy atom. The zero-order valence-electron chi connectivity index (χ0n) is 14.7. The fraction of sp³-hybridized carbons (Fsp3) is 0.222. The molecule has 3 aromatic heterocycles. The molecule has 4 rings (SSSR count). The van der Waals surface area contributed by atoms with E-state index in [2.05, 4.69) is 15.1 Å². The Labute approximate surface area is 160 Å². The summed E-state index contributed by atoms with van der Waals surface area (Å²) in [6, 6.07) is 4.45. The van der Waals surface area contributed by atoms with Gasteiger partial charge in [-0.3, -0.25) is 9.36 Å². The van der Waals surface area contributed by atoms with Crippen LogP contribution in [0.1, 0.15) is 21.9 Å². The molecule has 0 aliphatic rings. The number of nitrogens with zero attached hydrogens (tertiary/aromatic N) is 4. The molecule has 0 radical (unpaired) electrons. The quantitative estimate of drug-likeness (QED) is 0.510. The van der Waals surface area contributed by atoms with Crippen molar-refractivity contribution in [3.63, 3.8) is 0 Å². The first-order valence-corrected chi connectivity index (χ1v) is 9.01. The first-order chi connectivity index (χ1) is 13.2. The van der Waals surface area contributed by atoms with Crippen LogP contribution in [0, 0.1) is 13.8 Å². The number of benzene rings is 1. The van der Waals surface area contributed by atoms with Gasteiger partial charge in [-0.15, -0.1) is 11.3 Å². The van der Waals surface area contributed by atoms with Crippen molar-refractivity contribution in [2.75, 3.05) is 0 Å². The summed E-state index contributed by atoms with van der Waals surface area (Å²) in [6.45, 7) is 3.82. The van der Waals surface area contributed by atoms with E-state index in [9.17, 15) is 18.0 Å². The third-order valence-corrected chi connectivity index (χ3v) is 5.52. The molecular weight excluding hydrogens is 393 g/mol. The normalized spacial score (nSPS) is 12.0. The molecule has 4 aromatic rings. The lowest BCUT2D eigenvalue weighted by Gasteiger charge is -2.05. The van der Waals surface area contributed by atoms with E-state index < -0.39 is 11.7 Å². The molecule has 0 atom stereocenters. The van der Waals surface area contributed by atoms with Crippen molar-refractivity contribution in [1.29, 1.82) is 0 Å². The van der Waals surface area contributed by atoms with E-state index in [0.29, 0.717) is 15.8 Å². The van der Waals surface area contributed by atoms with Crippen LogP contribution in [0.2, 0.25) is 0 Å². The van der Waals surface area contributed by atoms with E-state index in [1.165, 1.54) is 34.4 Å². The number of hydrogen-bond donors (Lipinski definition) is 0. The van der Waals surface area contributed by atoms with Crippen LogP contribution in [0.3, 0.4) is 0 Å². The summed E-state index contributed by atoms with van der Waals surface area (Å²) in [5.74, 6) is 0.302. The molecule has 3 heterocycles. The molecule has 0 aliphatic carbocycles. The smallest absolute Gasteiger partial charge is 0.337 e. The van der Waals surface area contributed by atoms with Gasteiger partial charge in [0.25, 0.3) is 5.56 Å². The summed E-state index contributed by atoms with van der Waals surface area (Å²) >= 11 is 1.46. The Hall–Kier alpha value is -3.01. The van der Waals surface area contributed by atoms with Gasteiger partial charge in [-0.25, -0.2) is 4.98 Å². The van der Waals surface area contributed by atoms with Crippen molar-refractivity contribution in [2.45, 2.75) is 26.6 Å². The van der Waals surface area contributed by atoms with Crippen LogP contribution < -0.4 is 5.56 Å². The fourth-order valence-corrected chi connectivity index (χ4v) is 3.76. The Morgan fingerprint density at radius 1 is 1.18 bits per heavy atom. The molecule has 0 aliphatic heterocycles. The topological polar surface area (TPSA) is 73.8 Å². The summed E-state index contributed by atoms with van der Waals surface area (Å²) < 4.78 is 44.5. The van der Waals surface area contributed by atoms with E-state index in [-0.39, 0.29) is 23.8 Å². The summed E-state index contributed by atoms with van der Waals surface area (Å²) in [7, 11) is 0. The number of halogens is 3. The zero-order chi connectivity index (χ0) is 20.1. The maximum atomic E-state index is 12.7. The Balaban J connectivity index is 1.62. The van der Waals surface area contributed by atoms with Gasteiger partial charge >= 0.3 is 6.18 Å². The fourth-order valence-electron chi connectivity index (χ4n) is 2.77. The second kappa shape index (κ2) is 6.55. The molecule has 0 saturated heterocycles. The van der Waals surface area contributed by atoms with Crippen LogP contribution in [0.25, 0.3) is 21.6 Å². The SMILES string of the molecule is Cc1sc2ncn(Cc3nc(-c4ccc(C(F)(F)F)cc4)no3)c(=O)c2c1C. The van der Waals surface area contributed by atoms with E-state index >= 15 is 0 Å². The lowest BCUT2D eigenvalue weighted by atomic mass is 10.1. The number of aryl methyl sites for hydroxylation is 2. The molecule has 0 unspecified atom stereocenters. The zero-order valence-corrected chi connectivity index (χ0v) is 15.6. The highest BCUT2D eigenvalue weighted by molar-refractivity contribution is 7.18. The van der Waals surface area contributed by atoms with Crippen LogP contribution in [-0.4, -0.2) is 19.7 Å². The minimum absolute atomic E-state index is 0.0176. The average molecular weight is 406 g/mol. The maximum Gasteiger partial charge on any atom is 0.416 e. The van der Waals surface area contributed by atoms with Crippen molar-refractivity contribution in [3.05, 3.63) is 62.8 Å². The second-order valence-electron chi connectivity index (χ2n) is 6.23. The summed E-state index contributed by atoms with van der Waals surface area (Å²) in [5.41, 5.74) is 0.310. The van der Waals surface area contributed by atoms with Crippen LogP contribution in [0.4, 0.5) is 13.2 Å². The molecule has 6 nitrogen and oxygen atoms in total. The molecule has 144 valence electrons. The molecule has 0 N–H and O–H groups in total. The summed E-state index contributed by atoms with van der Waals surface area (Å²) in [4.78, 5) is 22.9. The van der Waals surface area contributed by atoms with Crippen LogP contribution >= 0.6 is 11.3 Å². The van der Waals surface area contributed by atoms with Gasteiger partial charge in [0.05, 0.1) is 17.3 Å². The van der Waals surface area contributed by atoms with Gasteiger partial charge in [-0.05, 0) is 31.5 Å². The van der Waals surface area contributed by atoms with Gasteiger partial charge in [0.1, 0.15) is 11.4 Å². The molecule has 0 amide bonds. The molecule has 1 aromatic carbocycles. The van der Waals surface area contributed by atoms with Crippen LogP contribution in [-0.2, 0) is 12.7 Å². The highest BCUT2D eigenvalue weighted by Crippen LogP contribution is 2.30. The van der Waals surface area contributed by atoms with Crippen molar-refractivity contribution in [1.82, 2.24) is 19.7 Å². The monoisotopic (exact) mass is 406 g/mol. The molecular formula is C18H13F3N4O2S. The van der Waals surface area contributed by atoms with Crippen LogP contribution in [0.15, 0.2) is 39.9 Å². The van der Waals surface area contributed by atoms with Gasteiger partial charge in [-0.2, -0.15) is 18.2 Å². The molecule has 0 fully saturated rings. The number of alkyl halides is 3. The lowest BCUT2D eigenvalue weighted by molar-refractivity contribution is -0.137. The molecule has 0 bridgehead atoms. The first kappa shape index (κ1) is 18.4. The van der Waals surface area contributed by atoms with Gasteiger partial charge in [-0.1, -0.05) is 17.3 Å². The standard InChI is InChI=1S/C18H13F3N4O2S/c1-9-10(2)28-16-14(9)17(26)25(8-22-16)7-13-23-15(24-27-13)11-3-5-12(6-4-11)18(19,20)21/h3-6,8H,7H2,1-2H3. The van der Waals surface area contributed by atoms with Crippen molar-refractivity contribution < 1.29 is 17.7 Å². The summed E-state index contributed by atoms with van der Waals surface area (Å²) in [5, 5.41) is 4.35. The predicted octanol–water partition coefficient (Wildman–Crippen LogP) is 4.19. The van der Waals surface area contributed by atoms with E-state index in [1.807, 2.05) is 13.8 Å². The molecule has 10 heteroatoms. The van der Waals surface area contributed by atoms with E-state index in [1.54, 1.807) is 0 Å². The Morgan fingerprint density at radius 3 is 2.57 bits per heavy atom. The number of hydrogen-bond acceptors (Lipinski definition) is 6. The molecule has 28 heavy (non-hydrogen) atoms. The van der Waals surface area contributed by atoms with Gasteiger partial charge < -0.3 is 4.52 Å². The third kappa shape index (κ3) is 3.19. The Bertz CT molecular complexity index is 1220. The molecule has 0 spiro atoms. The van der Waals surface area contributed by atoms with Gasteiger partial charge in [0.2, 0.25) is 11.7 Å². The van der Waals surface area contributed by atoms with Crippen molar-refractivity contribution >= 4 is 21.6 Å². The van der Waals surface area contributed by atoms with Crippen LogP contribution in [0.5, 0.6) is 0 Å². The Kier molecular flexibility index (Phi) is 4.30. The lowest BCUT2D eigenvalue weighted by Crippen LogP contribution is -2.21. The van der Waals surface area contributed by atoms with E-state index in [0.717, 1.165) is 22.6 Å². The third-order valence-electron chi connectivity index (χ3n) is 4.40. The number of thiophene rings is 1. The van der Waals surface area contributed by atoms with Gasteiger partial charge in [0, 0.05) is 10.4 Å². The maximum absolute atomic E-state index is 12.7. The van der Waals surface area contributed by atoms with Gasteiger partial charge in [0.15, 0.2) is 0 Å². The second-order valence-corrected chi connectivity index (χ2v) is 7.43. The minimum atomic E-state index is -4.41. The highest BCUT2D eigenvalue weighted by atomic mass is 32.1. The minimum Gasteiger partial charge on any atom is -0.337 e. The summed E-state index contributed by atoms with van der Waals surface area (Å²) in [6.07, 6.45) is -2.99. The van der Waals surface area contributed by atoms with E-state index in [4.69, 9.17) is 4.52 Å².